The Morgan fingerprint density at radius 2 is 1.80 bits per heavy atom. The molecule has 0 aromatic carbocycles. The van der Waals surface area contributed by atoms with E-state index in [0.717, 1.165) is 31.0 Å². The largest absolute Gasteiger partial charge is 0.381 e. The number of ether oxygens (including phenoxy) is 1. The molecule has 2 rings (SSSR count). The molecule has 0 unspecified atom stereocenters. The zero-order chi connectivity index (χ0) is 14.4. The lowest BCUT2D eigenvalue weighted by Gasteiger charge is -2.46. The first-order valence-electron chi connectivity index (χ1n) is 8.69. The number of unbranched alkanes of at least 4 members (excludes halogenated alkanes) is 1. The molecular formula is C17H34N2O. The van der Waals surface area contributed by atoms with Crippen molar-refractivity contribution in [2.24, 2.45) is 17.8 Å². The van der Waals surface area contributed by atoms with Crippen LogP contribution in [-0.4, -0.2) is 62.8 Å². The second-order valence-corrected chi connectivity index (χ2v) is 6.97. The summed E-state index contributed by atoms with van der Waals surface area (Å²) in [5.74, 6) is 2.78. The van der Waals surface area contributed by atoms with Crippen molar-refractivity contribution in [1.29, 1.82) is 0 Å². The summed E-state index contributed by atoms with van der Waals surface area (Å²) in [6.07, 6.45) is 5.17. The van der Waals surface area contributed by atoms with Gasteiger partial charge in [-0.1, -0.05) is 20.3 Å². The number of nitrogens with zero attached hydrogens (tertiary/aromatic N) is 2. The van der Waals surface area contributed by atoms with Gasteiger partial charge in [-0.2, -0.15) is 0 Å². The highest BCUT2D eigenvalue weighted by atomic mass is 16.5. The van der Waals surface area contributed by atoms with Crippen LogP contribution in [0.15, 0.2) is 0 Å². The zero-order valence-corrected chi connectivity index (χ0v) is 13.8. The summed E-state index contributed by atoms with van der Waals surface area (Å²) in [6.45, 7) is 13.0. The van der Waals surface area contributed by atoms with Gasteiger partial charge in [-0.15, -0.1) is 0 Å². The van der Waals surface area contributed by atoms with Gasteiger partial charge in [0.15, 0.2) is 0 Å². The number of hydrogen-bond donors (Lipinski definition) is 0. The number of piperazine rings is 1. The molecule has 2 fully saturated rings. The minimum absolute atomic E-state index is 0.907. The Bertz CT molecular complexity index is 264. The highest BCUT2D eigenvalue weighted by Gasteiger charge is 2.38. The van der Waals surface area contributed by atoms with Crippen LogP contribution in [0.1, 0.15) is 39.5 Å². The fourth-order valence-electron chi connectivity index (χ4n) is 3.57. The van der Waals surface area contributed by atoms with Gasteiger partial charge in [0, 0.05) is 45.9 Å². The molecule has 1 aliphatic heterocycles. The van der Waals surface area contributed by atoms with E-state index >= 15 is 0 Å². The second-order valence-electron chi connectivity index (χ2n) is 6.97. The van der Waals surface area contributed by atoms with Crippen molar-refractivity contribution in [3.05, 3.63) is 0 Å². The monoisotopic (exact) mass is 282 g/mol. The molecule has 0 amide bonds. The van der Waals surface area contributed by atoms with Crippen LogP contribution in [0.25, 0.3) is 0 Å². The van der Waals surface area contributed by atoms with Gasteiger partial charge in [-0.25, -0.2) is 0 Å². The van der Waals surface area contributed by atoms with E-state index in [2.05, 4.69) is 30.7 Å². The van der Waals surface area contributed by atoms with Crippen LogP contribution in [-0.2, 0) is 4.74 Å². The van der Waals surface area contributed by atoms with Crippen LogP contribution < -0.4 is 0 Å². The van der Waals surface area contributed by atoms with E-state index in [1.54, 1.807) is 0 Å². The third-order valence-electron chi connectivity index (χ3n) is 5.46. The molecule has 118 valence electrons. The molecule has 3 atom stereocenters. The van der Waals surface area contributed by atoms with Crippen molar-refractivity contribution < 1.29 is 4.74 Å². The van der Waals surface area contributed by atoms with Gasteiger partial charge >= 0.3 is 0 Å². The van der Waals surface area contributed by atoms with Gasteiger partial charge in [0.25, 0.3) is 0 Å². The Hall–Kier alpha value is -0.120. The van der Waals surface area contributed by atoms with E-state index in [4.69, 9.17) is 4.74 Å². The smallest absolute Gasteiger partial charge is 0.0468 e. The van der Waals surface area contributed by atoms with Gasteiger partial charge in [0.05, 0.1) is 0 Å². The summed E-state index contributed by atoms with van der Waals surface area (Å²) < 4.78 is 5.71. The third-order valence-corrected chi connectivity index (χ3v) is 5.46. The van der Waals surface area contributed by atoms with Crippen molar-refractivity contribution in [2.75, 3.05) is 53.0 Å². The Labute approximate surface area is 125 Å². The van der Waals surface area contributed by atoms with Crippen molar-refractivity contribution in [1.82, 2.24) is 9.80 Å². The maximum absolute atomic E-state index is 5.71. The summed E-state index contributed by atoms with van der Waals surface area (Å²) in [4.78, 5) is 5.12. The Kier molecular flexibility index (Phi) is 6.79. The molecule has 1 aliphatic carbocycles. The van der Waals surface area contributed by atoms with Gasteiger partial charge in [0.2, 0.25) is 0 Å². The molecule has 3 heteroatoms. The van der Waals surface area contributed by atoms with Gasteiger partial charge in [0.1, 0.15) is 0 Å². The van der Waals surface area contributed by atoms with E-state index < -0.39 is 0 Å². The lowest BCUT2D eigenvalue weighted by molar-refractivity contribution is 0.0117. The molecule has 2 aliphatic rings. The molecule has 1 saturated carbocycles. The van der Waals surface area contributed by atoms with E-state index in [1.165, 1.54) is 58.4 Å². The Balaban J connectivity index is 1.54. The summed E-state index contributed by atoms with van der Waals surface area (Å²) in [5.41, 5.74) is 0. The van der Waals surface area contributed by atoms with Crippen molar-refractivity contribution in [3.63, 3.8) is 0 Å². The van der Waals surface area contributed by atoms with Crippen LogP contribution >= 0.6 is 0 Å². The van der Waals surface area contributed by atoms with Crippen LogP contribution in [0.4, 0.5) is 0 Å². The molecule has 3 nitrogen and oxygen atoms in total. The minimum Gasteiger partial charge on any atom is -0.381 e. The molecule has 0 N–H and O–H groups in total. The summed E-state index contributed by atoms with van der Waals surface area (Å²) >= 11 is 0. The first-order valence-corrected chi connectivity index (χ1v) is 8.69. The van der Waals surface area contributed by atoms with E-state index in [-0.39, 0.29) is 0 Å². The maximum Gasteiger partial charge on any atom is 0.0468 e. The molecule has 0 aromatic rings. The fraction of sp³-hybridized carbons (Fsp3) is 1.00. The molecule has 0 spiro atoms. The van der Waals surface area contributed by atoms with Crippen LogP contribution in [0.2, 0.25) is 0 Å². The van der Waals surface area contributed by atoms with Crippen molar-refractivity contribution in [2.45, 2.75) is 39.5 Å². The molecule has 0 aromatic heterocycles. The van der Waals surface area contributed by atoms with Crippen molar-refractivity contribution in [3.8, 4) is 0 Å². The quantitative estimate of drug-likeness (QED) is 0.637. The highest BCUT2D eigenvalue weighted by Crippen LogP contribution is 2.42. The molecular weight excluding hydrogens is 248 g/mol. The standard InChI is InChI=1S/C17H34N2O/c1-4-5-11-20-12-6-16-13-17(15(16)2)14-19-9-7-18(3)8-10-19/h15-17H,4-14H2,1-3H3/t15-,16-,17-/m0/s1. The Morgan fingerprint density at radius 1 is 1.05 bits per heavy atom. The van der Waals surface area contributed by atoms with Gasteiger partial charge in [-0.05, 0) is 44.1 Å². The number of likely N-dealkylation sites (N-methyl/N-ethyl adjacent to an activating group) is 1. The summed E-state index contributed by atoms with van der Waals surface area (Å²) in [6, 6.07) is 0. The SMILES string of the molecule is CCCCOCC[C@H]1C[C@@H](CN2CCN(C)CC2)[C@H]1C. The lowest BCUT2D eigenvalue weighted by atomic mass is 9.64. The molecule has 20 heavy (non-hydrogen) atoms. The summed E-state index contributed by atoms with van der Waals surface area (Å²) in [5, 5.41) is 0. The Morgan fingerprint density at radius 3 is 2.45 bits per heavy atom. The minimum atomic E-state index is 0.907. The molecule has 0 bridgehead atoms. The van der Waals surface area contributed by atoms with Crippen LogP contribution in [0.5, 0.6) is 0 Å². The number of rotatable bonds is 8. The average Bonchev–Trinajstić information content (AvgIpc) is 2.46. The van der Waals surface area contributed by atoms with Crippen molar-refractivity contribution >= 4 is 0 Å². The lowest BCUT2D eigenvalue weighted by Crippen LogP contribution is -2.49. The predicted octanol–water partition coefficient (Wildman–Crippen LogP) is 2.71. The fourth-order valence-corrected chi connectivity index (χ4v) is 3.57. The predicted molar refractivity (Wildman–Crippen MR) is 85.0 cm³/mol. The molecule has 1 saturated heterocycles. The molecule has 0 radical (unpaired) electrons. The van der Waals surface area contributed by atoms with Crippen LogP contribution in [0.3, 0.4) is 0 Å². The van der Waals surface area contributed by atoms with E-state index in [1.807, 2.05) is 0 Å². The first kappa shape index (κ1) is 16.3. The topological polar surface area (TPSA) is 15.7 Å². The third kappa shape index (κ3) is 4.71. The first-order chi connectivity index (χ1) is 9.70. The van der Waals surface area contributed by atoms with E-state index in [0.29, 0.717) is 0 Å². The highest BCUT2D eigenvalue weighted by molar-refractivity contribution is 4.88. The summed E-state index contributed by atoms with van der Waals surface area (Å²) in [7, 11) is 2.23. The van der Waals surface area contributed by atoms with Gasteiger partial charge in [-0.3, -0.25) is 0 Å². The number of hydrogen-bond acceptors (Lipinski definition) is 3. The normalized spacial score (nSPS) is 32.2. The van der Waals surface area contributed by atoms with Crippen LogP contribution in [0, 0.1) is 17.8 Å². The zero-order valence-electron chi connectivity index (χ0n) is 13.8. The maximum atomic E-state index is 5.71. The second kappa shape index (κ2) is 8.35. The van der Waals surface area contributed by atoms with Gasteiger partial charge < -0.3 is 14.5 Å². The molecule has 1 heterocycles. The van der Waals surface area contributed by atoms with E-state index in [9.17, 15) is 0 Å². The average molecular weight is 282 g/mol.